The molecule has 2 aromatic heterocycles. The van der Waals surface area contributed by atoms with Crippen molar-refractivity contribution >= 4 is 21.8 Å². The summed E-state index contributed by atoms with van der Waals surface area (Å²) in [5.74, 6) is 0. The van der Waals surface area contributed by atoms with Gasteiger partial charge in [0.05, 0.1) is 0 Å². The zero-order valence-corrected chi connectivity index (χ0v) is 14.1. The normalized spacial score (nSPS) is 11.0. The van der Waals surface area contributed by atoms with Crippen LogP contribution >= 0.6 is 0 Å². The van der Waals surface area contributed by atoms with E-state index in [1.807, 2.05) is 0 Å². The van der Waals surface area contributed by atoms with E-state index in [4.69, 9.17) is 10.3 Å². The van der Waals surface area contributed by atoms with Crippen molar-refractivity contribution in [3.8, 4) is 0 Å². The van der Waals surface area contributed by atoms with Crippen molar-refractivity contribution in [1.82, 2.24) is 4.57 Å². The van der Waals surface area contributed by atoms with Crippen LogP contribution in [0.4, 0.5) is 0 Å². The first-order chi connectivity index (χ1) is 10.1. The van der Waals surface area contributed by atoms with Crippen molar-refractivity contribution in [2.24, 2.45) is 0 Å². The van der Waals surface area contributed by atoms with Crippen molar-refractivity contribution < 1.29 is 35.9 Å². The Morgan fingerprint density at radius 2 is 1.62 bits per heavy atom. The highest BCUT2D eigenvalue weighted by Gasteiger charge is 2.11. The molecule has 21 heavy (non-hydrogen) atoms. The van der Waals surface area contributed by atoms with Gasteiger partial charge in [0.25, 0.3) is 21.1 Å². The van der Waals surface area contributed by atoms with Crippen LogP contribution in [-0.4, -0.2) is 4.57 Å². The van der Waals surface area contributed by atoms with Gasteiger partial charge in [-0.25, -0.2) is 4.57 Å². The van der Waals surface area contributed by atoms with Crippen LogP contribution in [0.25, 0.3) is 21.8 Å². The second-order valence-corrected chi connectivity index (χ2v) is 5.60. The maximum atomic E-state index is 8.57. The summed E-state index contributed by atoms with van der Waals surface area (Å²) in [5, 5.41) is 2.71. The van der Waals surface area contributed by atoms with E-state index < -0.39 is 21.1 Å². The molecule has 112 valence electrons. The van der Waals surface area contributed by atoms with Crippen molar-refractivity contribution in [3.63, 3.8) is 0 Å². The van der Waals surface area contributed by atoms with Crippen LogP contribution in [0.1, 0.15) is 13.8 Å². The zero-order chi connectivity index (χ0) is 15.4. The predicted octanol–water partition coefficient (Wildman–Crippen LogP) is -3.44. The summed E-state index contributed by atoms with van der Waals surface area (Å²) in [5.41, 5.74) is 2.66. The second-order valence-electron chi connectivity index (χ2n) is 4.52. The molecule has 0 saturated carbocycles. The van der Waals surface area contributed by atoms with Gasteiger partial charge < -0.3 is 14.9 Å². The van der Waals surface area contributed by atoms with E-state index in [1.165, 1.54) is 21.8 Å². The molecular formula is C15H17IN2O3. The lowest BCUT2D eigenvalue weighted by molar-refractivity contribution is -1.73. The maximum absolute atomic E-state index is 8.57. The standard InChI is InChI=1S/C15H17N2.IO3/c1-3-16-10-9-13-12-7-5-6-8-14(12)17(4-2)15(13)11-16;2-1(3)4/h5-11H,3-4H2,1-2H3;/q+1;-1. The van der Waals surface area contributed by atoms with E-state index in [-0.39, 0.29) is 0 Å². The molecule has 0 aliphatic heterocycles. The van der Waals surface area contributed by atoms with Crippen LogP contribution in [-0.2, 0) is 13.1 Å². The monoisotopic (exact) mass is 400 g/mol. The van der Waals surface area contributed by atoms with Crippen LogP contribution in [0.2, 0.25) is 0 Å². The second kappa shape index (κ2) is 7.17. The van der Waals surface area contributed by atoms with Crippen LogP contribution in [0, 0.1) is 0 Å². The van der Waals surface area contributed by atoms with E-state index in [1.54, 1.807) is 0 Å². The number of nitrogens with zero attached hydrogens (tertiary/aromatic N) is 2. The third-order valence-corrected chi connectivity index (χ3v) is 3.45. The highest BCUT2D eigenvalue weighted by molar-refractivity contribution is 6.07. The maximum Gasteiger partial charge on any atom is 0.282 e. The first-order valence-electron chi connectivity index (χ1n) is 6.71. The van der Waals surface area contributed by atoms with E-state index in [9.17, 15) is 0 Å². The first kappa shape index (κ1) is 16.2. The van der Waals surface area contributed by atoms with Gasteiger partial charge >= 0.3 is 0 Å². The molecule has 0 bridgehead atoms. The molecule has 0 unspecified atom stereocenters. The lowest BCUT2D eigenvalue weighted by Gasteiger charge is -2.01. The Morgan fingerprint density at radius 3 is 2.24 bits per heavy atom. The zero-order valence-electron chi connectivity index (χ0n) is 12.0. The molecule has 0 aliphatic carbocycles. The summed E-state index contributed by atoms with van der Waals surface area (Å²) in [6, 6.07) is 10.9. The number of hydrogen-bond donors (Lipinski definition) is 0. The highest BCUT2D eigenvalue weighted by atomic mass is 127. The molecule has 0 N–H and O–H groups in total. The molecule has 0 aliphatic rings. The van der Waals surface area contributed by atoms with Gasteiger partial charge in [0.1, 0.15) is 12.1 Å². The summed E-state index contributed by atoms with van der Waals surface area (Å²) in [6.45, 7) is 6.40. The molecule has 3 aromatic rings. The van der Waals surface area contributed by atoms with Crippen molar-refractivity contribution in [2.45, 2.75) is 26.9 Å². The summed E-state index contributed by atoms with van der Waals surface area (Å²) in [4.78, 5) is 0. The van der Waals surface area contributed by atoms with Crippen LogP contribution in [0.3, 0.4) is 0 Å². The van der Waals surface area contributed by atoms with E-state index in [2.05, 4.69) is 65.7 Å². The smallest absolute Gasteiger partial charge is 0.282 e. The number of para-hydroxylation sites is 1. The van der Waals surface area contributed by atoms with Crippen molar-refractivity contribution in [1.29, 1.82) is 0 Å². The number of halogens is 1. The van der Waals surface area contributed by atoms with Crippen LogP contribution < -0.4 is 35.9 Å². The number of aromatic nitrogens is 2. The molecule has 0 saturated heterocycles. The number of aryl methyl sites for hydroxylation is 2. The topological polar surface area (TPSA) is 78.0 Å². The van der Waals surface area contributed by atoms with Gasteiger partial charge in [-0.2, -0.15) is 0 Å². The van der Waals surface area contributed by atoms with E-state index in [0.717, 1.165) is 13.1 Å². The molecule has 0 amide bonds. The molecule has 0 atom stereocenters. The van der Waals surface area contributed by atoms with Gasteiger partial charge in [0, 0.05) is 28.9 Å². The predicted molar refractivity (Wildman–Crippen MR) is 71.0 cm³/mol. The minimum Gasteiger partial charge on any atom is -0.427 e. The lowest BCUT2D eigenvalue weighted by atomic mass is 10.2. The summed E-state index contributed by atoms with van der Waals surface area (Å²) in [7, 11) is 0. The van der Waals surface area contributed by atoms with Gasteiger partial charge in [0.15, 0.2) is 12.4 Å². The fourth-order valence-electron chi connectivity index (χ4n) is 2.57. The Morgan fingerprint density at radius 1 is 1.00 bits per heavy atom. The molecule has 1 aromatic carbocycles. The van der Waals surface area contributed by atoms with Crippen molar-refractivity contribution in [2.75, 3.05) is 0 Å². The van der Waals surface area contributed by atoms with E-state index >= 15 is 0 Å². The Bertz CT molecular complexity index is 737. The molecule has 3 rings (SSSR count). The molecule has 6 heteroatoms. The molecule has 5 nitrogen and oxygen atoms in total. The average molecular weight is 400 g/mol. The first-order valence-corrected chi connectivity index (χ1v) is 9.35. The number of rotatable bonds is 2. The minimum atomic E-state index is -4.01. The molecule has 0 radical (unpaired) electrons. The van der Waals surface area contributed by atoms with Gasteiger partial charge in [-0.1, -0.05) is 18.2 Å². The Hall–Kier alpha value is -1.22. The van der Waals surface area contributed by atoms with Crippen LogP contribution in [0.5, 0.6) is 0 Å². The molecular weight excluding hydrogens is 383 g/mol. The quantitative estimate of drug-likeness (QED) is 0.332. The summed E-state index contributed by atoms with van der Waals surface area (Å²) < 4.78 is 30.3. The number of benzene rings is 1. The van der Waals surface area contributed by atoms with Gasteiger partial charge in [-0.05, 0) is 19.9 Å². The third-order valence-electron chi connectivity index (χ3n) is 3.45. The van der Waals surface area contributed by atoms with Gasteiger partial charge in [0.2, 0.25) is 0 Å². The third kappa shape index (κ3) is 3.52. The Kier molecular flexibility index (Phi) is 5.51. The molecule has 2 heterocycles. The SMILES string of the molecule is CCn1c2ccccc2c2cc[n+](CC)cc21.[O-][I+2]([O-])[O-]. The van der Waals surface area contributed by atoms with E-state index in [0.29, 0.717) is 0 Å². The van der Waals surface area contributed by atoms with Gasteiger partial charge in [-0.3, -0.25) is 0 Å². The minimum absolute atomic E-state index is 1.01. The lowest BCUT2D eigenvalue weighted by Crippen LogP contribution is -4.05. The Labute approximate surface area is 132 Å². The molecule has 0 fully saturated rings. The van der Waals surface area contributed by atoms with Gasteiger partial charge in [-0.15, -0.1) is 0 Å². The van der Waals surface area contributed by atoms with Crippen LogP contribution in [0.15, 0.2) is 42.7 Å². The van der Waals surface area contributed by atoms with Crippen molar-refractivity contribution in [3.05, 3.63) is 42.7 Å². The summed E-state index contributed by atoms with van der Waals surface area (Å²) in [6.07, 6.45) is 4.41. The largest absolute Gasteiger partial charge is 0.427 e. The average Bonchev–Trinajstić information content (AvgIpc) is 2.79. The number of fused-ring (bicyclic) bond motifs is 3. The fraction of sp³-hybridized carbons (Fsp3) is 0.267. The number of hydrogen-bond acceptors (Lipinski definition) is 3. The molecule has 0 spiro atoms. The highest BCUT2D eigenvalue weighted by Crippen LogP contribution is 2.27. The Balaban J connectivity index is 0.000000361. The number of pyridine rings is 1. The summed E-state index contributed by atoms with van der Waals surface area (Å²) >= 11 is -4.01. The fourth-order valence-corrected chi connectivity index (χ4v) is 2.57.